The summed E-state index contributed by atoms with van der Waals surface area (Å²) in [7, 11) is 4.84. The Morgan fingerprint density at radius 1 is 1.12 bits per heavy atom. The summed E-state index contributed by atoms with van der Waals surface area (Å²) < 4.78 is 18.2. The number of anilines is 1. The van der Waals surface area contributed by atoms with Gasteiger partial charge in [-0.2, -0.15) is 5.10 Å². The number of carbonyl (C=O) groups excluding carboxylic acids is 2. The Bertz CT molecular complexity index is 1380. The molecule has 10 heteroatoms. The lowest BCUT2D eigenvalue weighted by atomic mass is 9.87. The maximum atomic E-state index is 13.8. The van der Waals surface area contributed by atoms with Gasteiger partial charge in [-0.1, -0.05) is 32.9 Å². The topological polar surface area (TPSA) is 94.9 Å². The van der Waals surface area contributed by atoms with E-state index in [9.17, 15) is 9.59 Å². The van der Waals surface area contributed by atoms with Gasteiger partial charge in [0.25, 0.3) is 0 Å². The van der Waals surface area contributed by atoms with Gasteiger partial charge >= 0.3 is 0 Å². The monoisotopic (exact) mass is 566 g/mol. The normalized spacial score (nSPS) is 15.4. The summed E-state index contributed by atoms with van der Waals surface area (Å²) in [6.45, 7) is 8.93. The third-order valence-electron chi connectivity index (χ3n) is 6.70. The molecule has 214 valence electrons. The summed E-state index contributed by atoms with van der Waals surface area (Å²) in [4.78, 5) is 28.4. The first-order chi connectivity index (χ1) is 19.1. The van der Waals surface area contributed by atoms with Crippen LogP contribution in [0.3, 0.4) is 0 Å². The van der Waals surface area contributed by atoms with Gasteiger partial charge < -0.3 is 19.5 Å². The Kier molecular flexibility index (Phi) is 9.10. The Balaban J connectivity index is 2.01. The largest absolute Gasteiger partial charge is 0.497 e. The zero-order chi connectivity index (χ0) is 29.0. The van der Waals surface area contributed by atoms with Crippen molar-refractivity contribution in [3.05, 3.63) is 64.8 Å². The molecule has 9 nitrogen and oxygen atoms in total. The molecule has 2 aromatic carbocycles. The van der Waals surface area contributed by atoms with Crippen molar-refractivity contribution in [1.82, 2.24) is 15.1 Å². The summed E-state index contributed by atoms with van der Waals surface area (Å²) in [5.41, 5.74) is 4.09. The average molecular weight is 567 g/mol. The molecule has 0 fully saturated rings. The van der Waals surface area contributed by atoms with Crippen molar-refractivity contribution in [3.8, 4) is 17.2 Å². The molecule has 0 saturated heterocycles. The molecular weight excluding hydrogens is 528 g/mol. The van der Waals surface area contributed by atoms with Gasteiger partial charge in [0.15, 0.2) is 0 Å². The number of methoxy groups -OCH3 is 3. The van der Waals surface area contributed by atoms with Crippen molar-refractivity contribution in [2.75, 3.05) is 51.7 Å². The van der Waals surface area contributed by atoms with E-state index in [1.54, 1.807) is 26.2 Å². The molecule has 0 spiro atoms. The van der Waals surface area contributed by atoms with E-state index in [0.29, 0.717) is 30.5 Å². The highest BCUT2D eigenvalue weighted by molar-refractivity contribution is 8.00. The van der Waals surface area contributed by atoms with E-state index in [1.807, 2.05) is 54.1 Å². The second kappa shape index (κ2) is 12.3. The second-order valence-corrected chi connectivity index (χ2v) is 11.8. The SMILES string of the molecule is COCCNC(=O)CN1C(=O)CS[C@H](c2cc(OC)ccc2OC)c2c(C(C)(C)C)nn(-c3cccc(C)c3)c21. The van der Waals surface area contributed by atoms with E-state index in [2.05, 4.69) is 26.1 Å². The molecule has 0 saturated carbocycles. The number of hydrogen-bond donors (Lipinski definition) is 1. The van der Waals surface area contributed by atoms with Crippen LogP contribution in [-0.4, -0.2) is 68.4 Å². The Hall–Kier alpha value is -3.50. The van der Waals surface area contributed by atoms with Crippen molar-refractivity contribution < 1.29 is 23.8 Å². The lowest BCUT2D eigenvalue weighted by Gasteiger charge is -2.25. The maximum Gasteiger partial charge on any atom is 0.240 e. The minimum Gasteiger partial charge on any atom is -0.497 e. The van der Waals surface area contributed by atoms with Crippen LogP contribution in [0, 0.1) is 6.92 Å². The Morgan fingerprint density at radius 3 is 2.55 bits per heavy atom. The molecule has 1 aliphatic heterocycles. The zero-order valence-corrected chi connectivity index (χ0v) is 25.1. The maximum absolute atomic E-state index is 13.8. The zero-order valence-electron chi connectivity index (χ0n) is 24.2. The lowest BCUT2D eigenvalue weighted by Crippen LogP contribution is -2.43. The van der Waals surface area contributed by atoms with E-state index >= 15 is 0 Å². The molecule has 2 amide bonds. The van der Waals surface area contributed by atoms with Gasteiger partial charge in [-0.05, 0) is 42.8 Å². The van der Waals surface area contributed by atoms with Crippen LogP contribution in [-0.2, 0) is 19.7 Å². The molecule has 0 unspecified atom stereocenters. The fourth-order valence-electron chi connectivity index (χ4n) is 4.79. The van der Waals surface area contributed by atoms with Crippen LogP contribution in [0.1, 0.15) is 48.4 Å². The van der Waals surface area contributed by atoms with E-state index < -0.39 is 0 Å². The number of carbonyl (C=O) groups is 2. The molecule has 4 rings (SSSR count). The fourth-order valence-corrected chi connectivity index (χ4v) is 6.01. The number of amides is 2. The van der Waals surface area contributed by atoms with Crippen LogP contribution in [0.5, 0.6) is 11.5 Å². The number of ether oxygens (including phenoxy) is 3. The smallest absolute Gasteiger partial charge is 0.240 e. The molecule has 3 aromatic rings. The highest BCUT2D eigenvalue weighted by atomic mass is 32.2. The number of aromatic nitrogens is 2. The average Bonchev–Trinajstić information content (AvgIpc) is 3.26. The van der Waals surface area contributed by atoms with Crippen molar-refractivity contribution in [2.24, 2.45) is 0 Å². The van der Waals surface area contributed by atoms with Crippen LogP contribution in [0.2, 0.25) is 0 Å². The molecule has 0 aliphatic carbocycles. The molecule has 1 N–H and O–H groups in total. The van der Waals surface area contributed by atoms with E-state index in [0.717, 1.165) is 28.1 Å². The number of nitrogens with zero attached hydrogens (tertiary/aromatic N) is 3. The van der Waals surface area contributed by atoms with Crippen molar-refractivity contribution in [3.63, 3.8) is 0 Å². The predicted octanol–water partition coefficient (Wildman–Crippen LogP) is 4.43. The van der Waals surface area contributed by atoms with E-state index in [1.165, 1.54) is 11.8 Å². The van der Waals surface area contributed by atoms with Crippen LogP contribution >= 0.6 is 11.8 Å². The van der Waals surface area contributed by atoms with E-state index in [4.69, 9.17) is 19.3 Å². The van der Waals surface area contributed by atoms with Crippen LogP contribution in [0.25, 0.3) is 5.69 Å². The number of thioether (sulfide) groups is 1. The minimum atomic E-state index is -0.371. The number of rotatable bonds is 9. The van der Waals surface area contributed by atoms with Gasteiger partial charge in [-0.25, -0.2) is 4.68 Å². The summed E-state index contributed by atoms with van der Waals surface area (Å²) in [5, 5.41) is 7.69. The van der Waals surface area contributed by atoms with Crippen LogP contribution in [0.4, 0.5) is 5.82 Å². The third kappa shape index (κ3) is 6.13. The van der Waals surface area contributed by atoms with Gasteiger partial charge in [0.2, 0.25) is 11.8 Å². The summed E-state index contributed by atoms with van der Waals surface area (Å²) in [5.74, 6) is 1.68. The lowest BCUT2D eigenvalue weighted by molar-refractivity contribution is -0.123. The van der Waals surface area contributed by atoms with Gasteiger partial charge in [-0.15, -0.1) is 11.8 Å². The first-order valence-corrected chi connectivity index (χ1v) is 14.2. The predicted molar refractivity (Wildman–Crippen MR) is 158 cm³/mol. The summed E-state index contributed by atoms with van der Waals surface area (Å²) in [6, 6.07) is 13.7. The molecule has 1 aromatic heterocycles. The molecule has 1 aliphatic rings. The molecule has 2 heterocycles. The highest BCUT2D eigenvalue weighted by Gasteiger charge is 2.40. The standard InChI is InChI=1S/C30H38N4O5S/c1-19-9-8-10-20(15-19)34-29-26(28(32-34)30(2,3)4)27(22-16-21(38-6)11-12-23(22)39-7)40-18-25(36)33(29)17-24(35)31-13-14-37-5/h8-12,15-16,27H,13-14,17-18H2,1-7H3,(H,31,35)/t27-/m1/s1. The van der Waals surface area contributed by atoms with Gasteiger partial charge in [0, 0.05) is 30.2 Å². The van der Waals surface area contributed by atoms with Crippen molar-refractivity contribution in [2.45, 2.75) is 38.4 Å². The number of fused-ring (bicyclic) bond motifs is 1. The Labute approximate surface area is 240 Å². The van der Waals surface area contributed by atoms with Gasteiger partial charge in [-0.3, -0.25) is 14.5 Å². The Morgan fingerprint density at radius 2 is 1.90 bits per heavy atom. The summed E-state index contributed by atoms with van der Waals surface area (Å²) >= 11 is 1.50. The third-order valence-corrected chi connectivity index (χ3v) is 7.93. The minimum absolute atomic E-state index is 0.140. The van der Waals surface area contributed by atoms with Gasteiger partial charge in [0.1, 0.15) is 23.9 Å². The highest BCUT2D eigenvalue weighted by Crippen LogP contribution is 2.50. The molecule has 40 heavy (non-hydrogen) atoms. The number of benzene rings is 2. The molecule has 0 bridgehead atoms. The molecule has 0 radical (unpaired) electrons. The first kappa shape index (κ1) is 29.5. The quantitative estimate of drug-likeness (QED) is 0.383. The number of hydrogen-bond acceptors (Lipinski definition) is 7. The number of aryl methyl sites for hydroxylation is 1. The van der Waals surface area contributed by atoms with Crippen LogP contribution in [0.15, 0.2) is 42.5 Å². The van der Waals surface area contributed by atoms with Crippen LogP contribution < -0.4 is 19.7 Å². The summed E-state index contributed by atoms with van der Waals surface area (Å²) in [6.07, 6.45) is 0. The number of nitrogens with one attached hydrogen (secondary N) is 1. The van der Waals surface area contributed by atoms with E-state index in [-0.39, 0.29) is 34.8 Å². The fraction of sp³-hybridized carbons (Fsp3) is 0.433. The molecular formula is C30H38N4O5S. The van der Waals surface area contributed by atoms with Crippen molar-refractivity contribution >= 4 is 29.4 Å². The van der Waals surface area contributed by atoms with Gasteiger partial charge in [0.05, 0.1) is 43.2 Å². The second-order valence-electron chi connectivity index (χ2n) is 10.7. The van der Waals surface area contributed by atoms with Crippen molar-refractivity contribution in [1.29, 1.82) is 0 Å². The molecule has 1 atom stereocenters. The first-order valence-electron chi connectivity index (χ1n) is 13.2.